The molecule has 0 bridgehead atoms. The Labute approximate surface area is 124 Å². The summed E-state index contributed by atoms with van der Waals surface area (Å²) in [7, 11) is 0. The molecule has 0 aliphatic carbocycles. The van der Waals surface area contributed by atoms with Gasteiger partial charge in [0.05, 0.1) is 5.56 Å². The summed E-state index contributed by atoms with van der Waals surface area (Å²) in [6.45, 7) is 2.47. The predicted octanol–water partition coefficient (Wildman–Crippen LogP) is 1.96. The standard InChI is InChI=1S/C16H19NO2S/c1-12-6-7-15(13(10-12)4-2-8-18)16(19)17-11-14-5-3-9-20-14/h6-7,10,14,18H,3,5,8-9,11H2,1H3,(H,17,19). The molecule has 1 unspecified atom stereocenters. The number of aryl methyl sites for hydroxylation is 1. The van der Waals surface area contributed by atoms with E-state index in [0.717, 1.165) is 5.56 Å². The van der Waals surface area contributed by atoms with Crippen LogP contribution in [-0.2, 0) is 0 Å². The Morgan fingerprint density at radius 1 is 1.55 bits per heavy atom. The summed E-state index contributed by atoms with van der Waals surface area (Å²) in [6, 6.07) is 5.58. The summed E-state index contributed by atoms with van der Waals surface area (Å²) in [4.78, 5) is 12.2. The number of hydrogen-bond donors (Lipinski definition) is 2. The molecule has 1 heterocycles. The molecule has 20 heavy (non-hydrogen) atoms. The van der Waals surface area contributed by atoms with Crippen LogP contribution < -0.4 is 5.32 Å². The lowest BCUT2D eigenvalue weighted by Crippen LogP contribution is -2.30. The highest BCUT2D eigenvalue weighted by Crippen LogP contribution is 2.25. The number of hydrogen-bond acceptors (Lipinski definition) is 3. The fourth-order valence-corrected chi connectivity index (χ4v) is 3.40. The molecule has 4 heteroatoms. The molecule has 1 saturated heterocycles. The number of thioether (sulfide) groups is 1. The second-order valence-corrected chi connectivity index (χ2v) is 6.26. The number of aliphatic hydroxyl groups excluding tert-OH is 1. The fraction of sp³-hybridized carbons (Fsp3) is 0.438. The lowest BCUT2D eigenvalue weighted by molar-refractivity contribution is 0.0953. The Morgan fingerprint density at radius 2 is 2.40 bits per heavy atom. The Hall–Kier alpha value is -1.44. The van der Waals surface area contributed by atoms with Gasteiger partial charge in [-0.05, 0) is 43.2 Å². The molecule has 1 aromatic carbocycles. The normalized spacial score (nSPS) is 17.4. The quantitative estimate of drug-likeness (QED) is 0.836. The van der Waals surface area contributed by atoms with E-state index < -0.39 is 0 Å². The molecule has 2 N–H and O–H groups in total. The van der Waals surface area contributed by atoms with Crippen LogP contribution in [0.4, 0.5) is 0 Å². The zero-order valence-electron chi connectivity index (χ0n) is 11.6. The molecule has 0 saturated carbocycles. The van der Waals surface area contributed by atoms with Gasteiger partial charge in [0.25, 0.3) is 5.91 Å². The van der Waals surface area contributed by atoms with Crippen LogP contribution >= 0.6 is 11.8 Å². The van der Waals surface area contributed by atoms with Gasteiger partial charge in [0.2, 0.25) is 0 Å². The molecule has 0 aromatic heterocycles. The van der Waals surface area contributed by atoms with Crippen molar-refractivity contribution in [3.63, 3.8) is 0 Å². The van der Waals surface area contributed by atoms with Crippen molar-refractivity contribution in [3.05, 3.63) is 34.9 Å². The van der Waals surface area contributed by atoms with Crippen molar-refractivity contribution in [1.82, 2.24) is 5.32 Å². The highest BCUT2D eigenvalue weighted by molar-refractivity contribution is 8.00. The summed E-state index contributed by atoms with van der Waals surface area (Å²) in [5, 5.41) is 12.3. The average molecular weight is 289 g/mol. The van der Waals surface area contributed by atoms with Crippen LogP contribution in [0.3, 0.4) is 0 Å². The number of amides is 1. The molecule has 106 valence electrons. The maximum atomic E-state index is 12.2. The molecular weight excluding hydrogens is 270 g/mol. The maximum Gasteiger partial charge on any atom is 0.252 e. The summed E-state index contributed by atoms with van der Waals surface area (Å²) in [5.74, 6) is 6.56. The van der Waals surface area contributed by atoms with Gasteiger partial charge < -0.3 is 10.4 Å². The van der Waals surface area contributed by atoms with E-state index in [9.17, 15) is 4.79 Å². The third-order valence-electron chi connectivity index (χ3n) is 3.24. The van der Waals surface area contributed by atoms with Crippen molar-refractivity contribution < 1.29 is 9.90 Å². The predicted molar refractivity (Wildman–Crippen MR) is 83.0 cm³/mol. The summed E-state index contributed by atoms with van der Waals surface area (Å²) in [5.41, 5.74) is 2.31. The van der Waals surface area contributed by atoms with Gasteiger partial charge in [0.15, 0.2) is 0 Å². The highest BCUT2D eigenvalue weighted by atomic mass is 32.2. The molecule has 1 fully saturated rings. The van der Waals surface area contributed by atoms with E-state index >= 15 is 0 Å². The highest BCUT2D eigenvalue weighted by Gasteiger charge is 2.17. The van der Waals surface area contributed by atoms with Crippen molar-refractivity contribution in [3.8, 4) is 11.8 Å². The first kappa shape index (κ1) is 15.0. The summed E-state index contributed by atoms with van der Waals surface area (Å²) in [6.07, 6.45) is 2.42. The number of nitrogens with one attached hydrogen (secondary N) is 1. The molecular formula is C16H19NO2S. The van der Waals surface area contributed by atoms with E-state index in [2.05, 4.69) is 17.2 Å². The van der Waals surface area contributed by atoms with Gasteiger partial charge in [-0.1, -0.05) is 17.9 Å². The van der Waals surface area contributed by atoms with Crippen molar-refractivity contribution in [2.45, 2.75) is 25.0 Å². The molecule has 1 aromatic rings. The number of aliphatic hydroxyl groups is 1. The lowest BCUT2D eigenvalue weighted by atomic mass is 10.0. The molecule has 1 aliphatic rings. The van der Waals surface area contributed by atoms with Crippen LogP contribution in [0.25, 0.3) is 0 Å². The Balaban J connectivity index is 2.07. The van der Waals surface area contributed by atoms with Crippen LogP contribution in [0.2, 0.25) is 0 Å². The van der Waals surface area contributed by atoms with Gasteiger partial charge in [0.1, 0.15) is 6.61 Å². The Bertz CT molecular complexity index is 539. The molecule has 2 rings (SSSR count). The first-order valence-corrected chi connectivity index (χ1v) is 7.86. The largest absolute Gasteiger partial charge is 0.384 e. The fourth-order valence-electron chi connectivity index (χ4n) is 2.20. The van der Waals surface area contributed by atoms with Gasteiger partial charge in [0, 0.05) is 17.4 Å². The number of benzene rings is 1. The molecule has 1 amide bonds. The molecule has 3 nitrogen and oxygen atoms in total. The summed E-state index contributed by atoms with van der Waals surface area (Å²) < 4.78 is 0. The summed E-state index contributed by atoms with van der Waals surface area (Å²) >= 11 is 1.92. The van der Waals surface area contributed by atoms with E-state index in [-0.39, 0.29) is 12.5 Å². The van der Waals surface area contributed by atoms with Gasteiger partial charge >= 0.3 is 0 Å². The van der Waals surface area contributed by atoms with E-state index in [1.807, 2.05) is 30.8 Å². The van der Waals surface area contributed by atoms with E-state index in [1.54, 1.807) is 6.07 Å². The van der Waals surface area contributed by atoms with Gasteiger partial charge in [-0.15, -0.1) is 0 Å². The van der Waals surface area contributed by atoms with Gasteiger partial charge in [-0.3, -0.25) is 4.79 Å². The maximum absolute atomic E-state index is 12.2. The van der Waals surface area contributed by atoms with Crippen LogP contribution in [-0.4, -0.2) is 35.2 Å². The lowest BCUT2D eigenvalue weighted by Gasteiger charge is -2.11. The smallest absolute Gasteiger partial charge is 0.252 e. The van der Waals surface area contributed by atoms with Gasteiger partial charge in [-0.2, -0.15) is 11.8 Å². The third-order valence-corrected chi connectivity index (χ3v) is 4.63. The van der Waals surface area contributed by atoms with Gasteiger partial charge in [-0.25, -0.2) is 0 Å². The molecule has 1 atom stereocenters. The topological polar surface area (TPSA) is 49.3 Å². The van der Waals surface area contributed by atoms with Crippen LogP contribution in [0.15, 0.2) is 18.2 Å². The minimum absolute atomic E-state index is 0.0836. The second kappa shape index (κ2) is 7.37. The molecule has 0 spiro atoms. The first-order chi connectivity index (χ1) is 9.70. The average Bonchev–Trinajstić information content (AvgIpc) is 2.96. The Kier molecular flexibility index (Phi) is 5.51. The van der Waals surface area contributed by atoms with E-state index in [4.69, 9.17) is 5.11 Å². The van der Waals surface area contributed by atoms with Crippen LogP contribution in [0.1, 0.15) is 34.3 Å². The second-order valence-electron chi connectivity index (χ2n) is 4.85. The number of rotatable bonds is 3. The monoisotopic (exact) mass is 289 g/mol. The van der Waals surface area contributed by atoms with Crippen molar-refractivity contribution >= 4 is 17.7 Å². The number of carbonyl (C=O) groups is 1. The SMILES string of the molecule is Cc1ccc(C(=O)NCC2CCCS2)c(C#CCO)c1. The molecule has 1 aliphatic heterocycles. The number of carbonyl (C=O) groups excluding carboxylic acids is 1. The van der Waals surface area contributed by atoms with E-state index in [0.29, 0.717) is 22.9 Å². The zero-order chi connectivity index (χ0) is 14.4. The van der Waals surface area contributed by atoms with Crippen molar-refractivity contribution in [1.29, 1.82) is 0 Å². The minimum Gasteiger partial charge on any atom is -0.384 e. The first-order valence-electron chi connectivity index (χ1n) is 6.81. The Morgan fingerprint density at radius 3 is 3.10 bits per heavy atom. The van der Waals surface area contributed by atoms with Crippen molar-refractivity contribution in [2.24, 2.45) is 0 Å². The minimum atomic E-state index is -0.201. The van der Waals surface area contributed by atoms with Crippen molar-refractivity contribution in [2.75, 3.05) is 18.9 Å². The zero-order valence-corrected chi connectivity index (χ0v) is 12.4. The molecule has 0 radical (unpaired) electrons. The van der Waals surface area contributed by atoms with Crippen LogP contribution in [0, 0.1) is 18.8 Å². The van der Waals surface area contributed by atoms with E-state index in [1.165, 1.54) is 18.6 Å². The third kappa shape index (κ3) is 4.03. The van der Waals surface area contributed by atoms with Crippen LogP contribution in [0.5, 0.6) is 0 Å².